The highest BCUT2D eigenvalue weighted by atomic mass is 32.1. The van der Waals surface area contributed by atoms with Gasteiger partial charge in [-0.3, -0.25) is 9.69 Å². The van der Waals surface area contributed by atoms with Crippen molar-refractivity contribution in [2.45, 2.75) is 31.5 Å². The summed E-state index contributed by atoms with van der Waals surface area (Å²) in [4.78, 5) is 19.1. The predicted molar refractivity (Wildman–Crippen MR) is 137 cm³/mol. The third-order valence-electron chi connectivity index (χ3n) is 7.27. The first-order chi connectivity index (χ1) is 17.4. The average molecular weight is 514 g/mol. The number of halogens is 3. The fourth-order valence-corrected chi connectivity index (χ4v) is 6.10. The summed E-state index contributed by atoms with van der Waals surface area (Å²) in [6, 6.07) is 18.3. The lowest BCUT2D eigenvalue weighted by Crippen LogP contribution is -2.61. The number of hydrogen-bond acceptors (Lipinski definition) is 4. The maximum atomic E-state index is 13.4. The molecule has 0 bridgehead atoms. The number of nitrogens with one attached hydrogen (secondary N) is 1. The summed E-state index contributed by atoms with van der Waals surface area (Å²) in [5, 5.41) is 5.08. The number of piperazine rings is 1. The van der Waals surface area contributed by atoms with Crippen LogP contribution in [0.4, 0.5) is 18.9 Å². The van der Waals surface area contributed by atoms with Gasteiger partial charge in [0.15, 0.2) is 0 Å². The summed E-state index contributed by atoms with van der Waals surface area (Å²) in [6.07, 6.45) is -2.41. The molecule has 1 fully saturated rings. The van der Waals surface area contributed by atoms with Crippen LogP contribution >= 0.6 is 11.3 Å². The summed E-state index contributed by atoms with van der Waals surface area (Å²) in [5.41, 5.74) is 2.06. The summed E-state index contributed by atoms with van der Waals surface area (Å²) < 4.78 is 40.3. The number of carbonyl (C=O) groups excluding carboxylic acids is 1. The first-order valence-corrected chi connectivity index (χ1v) is 13.3. The zero-order valence-electron chi connectivity index (χ0n) is 20.0. The molecule has 36 heavy (non-hydrogen) atoms. The molecule has 1 saturated heterocycles. The lowest BCUT2D eigenvalue weighted by Gasteiger charge is -2.49. The molecular weight excluding hydrogens is 483 g/mol. The standard InChI is InChI=1S/C28H30F3N3OS/c29-28(30,31)22-8-9-25-21(17-22)18-24(27(35)32-12-10-23-7-4-16-36-23)26-19-33(14-15-34(25)26)13-11-20-5-2-1-3-6-20/h1-9,16-17,24,26H,10-15,18-19H2,(H,32,35)/t24-,26-/m0/s1. The van der Waals surface area contributed by atoms with E-state index in [9.17, 15) is 18.0 Å². The number of alkyl halides is 3. The van der Waals surface area contributed by atoms with Crippen molar-refractivity contribution in [3.8, 4) is 0 Å². The number of carbonyl (C=O) groups is 1. The van der Waals surface area contributed by atoms with Gasteiger partial charge in [-0.2, -0.15) is 13.2 Å². The minimum Gasteiger partial charge on any atom is -0.365 e. The molecule has 0 aliphatic carbocycles. The minimum atomic E-state index is -4.40. The second kappa shape index (κ2) is 10.6. The SMILES string of the molecule is O=C(NCCc1cccs1)[C@H]1Cc2cc(C(F)(F)F)ccc2N2CCN(CCc3ccccc3)C[C@@H]12. The Labute approximate surface area is 213 Å². The van der Waals surface area contributed by atoms with Crippen molar-refractivity contribution in [1.29, 1.82) is 0 Å². The van der Waals surface area contributed by atoms with Crippen molar-refractivity contribution >= 4 is 22.9 Å². The monoisotopic (exact) mass is 513 g/mol. The van der Waals surface area contributed by atoms with Crippen LogP contribution in [0.1, 0.15) is 21.6 Å². The zero-order valence-corrected chi connectivity index (χ0v) is 20.8. The Morgan fingerprint density at radius 2 is 1.86 bits per heavy atom. The van der Waals surface area contributed by atoms with Crippen molar-refractivity contribution in [2.75, 3.05) is 37.6 Å². The lowest BCUT2D eigenvalue weighted by molar-refractivity contribution is -0.137. The molecular formula is C28H30F3N3OS. The van der Waals surface area contributed by atoms with E-state index in [1.165, 1.54) is 22.6 Å². The number of rotatable bonds is 7. The molecule has 0 spiro atoms. The summed E-state index contributed by atoms with van der Waals surface area (Å²) >= 11 is 1.65. The van der Waals surface area contributed by atoms with E-state index in [1.54, 1.807) is 17.4 Å². The molecule has 2 aromatic carbocycles. The molecule has 3 aromatic rings. The smallest absolute Gasteiger partial charge is 0.365 e. The van der Waals surface area contributed by atoms with Crippen LogP contribution in [0, 0.1) is 5.92 Å². The van der Waals surface area contributed by atoms with Crippen LogP contribution in [-0.4, -0.2) is 49.6 Å². The molecule has 1 aromatic heterocycles. The number of anilines is 1. The number of amides is 1. The highest BCUT2D eigenvalue weighted by Crippen LogP contribution is 2.39. The van der Waals surface area contributed by atoms with Gasteiger partial charge in [-0.1, -0.05) is 36.4 Å². The third kappa shape index (κ3) is 5.60. The summed E-state index contributed by atoms with van der Waals surface area (Å²) in [6.45, 7) is 3.64. The third-order valence-corrected chi connectivity index (χ3v) is 8.21. The molecule has 5 rings (SSSR count). The molecule has 1 N–H and O–H groups in total. The van der Waals surface area contributed by atoms with Gasteiger partial charge < -0.3 is 10.2 Å². The van der Waals surface area contributed by atoms with Crippen molar-refractivity contribution in [1.82, 2.24) is 10.2 Å². The molecule has 3 heterocycles. The second-order valence-electron chi connectivity index (χ2n) is 9.57. The van der Waals surface area contributed by atoms with Gasteiger partial charge in [-0.05, 0) is 60.0 Å². The van der Waals surface area contributed by atoms with Crippen LogP contribution in [0.5, 0.6) is 0 Å². The molecule has 1 amide bonds. The van der Waals surface area contributed by atoms with E-state index in [2.05, 4.69) is 27.2 Å². The molecule has 2 aliphatic heterocycles. The van der Waals surface area contributed by atoms with Gasteiger partial charge in [0, 0.05) is 43.3 Å². The van der Waals surface area contributed by atoms with Crippen molar-refractivity contribution in [3.63, 3.8) is 0 Å². The van der Waals surface area contributed by atoms with Gasteiger partial charge in [0.25, 0.3) is 0 Å². The number of thiophene rings is 1. The van der Waals surface area contributed by atoms with Crippen LogP contribution in [0.2, 0.25) is 0 Å². The van der Waals surface area contributed by atoms with E-state index in [0.717, 1.165) is 38.2 Å². The fourth-order valence-electron chi connectivity index (χ4n) is 5.39. The van der Waals surface area contributed by atoms with Crippen LogP contribution in [0.25, 0.3) is 0 Å². The number of benzene rings is 2. The molecule has 8 heteroatoms. The fraction of sp³-hybridized carbons (Fsp3) is 0.393. The summed E-state index contributed by atoms with van der Waals surface area (Å²) in [7, 11) is 0. The molecule has 0 saturated carbocycles. The molecule has 2 aliphatic rings. The maximum Gasteiger partial charge on any atom is 0.416 e. The van der Waals surface area contributed by atoms with Crippen molar-refractivity contribution in [2.24, 2.45) is 5.92 Å². The van der Waals surface area contributed by atoms with Gasteiger partial charge in [0.1, 0.15) is 0 Å². The Morgan fingerprint density at radius 3 is 2.61 bits per heavy atom. The minimum absolute atomic E-state index is 0.0690. The van der Waals surface area contributed by atoms with E-state index < -0.39 is 17.7 Å². The Bertz CT molecular complexity index is 1170. The molecule has 2 atom stereocenters. The van der Waals surface area contributed by atoms with Gasteiger partial charge in [-0.25, -0.2) is 0 Å². The number of hydrogen-bond donors (Lipinski definition) is 1. The van der Waals surface area contributed by atoms with Gasteiger partial charge in [0.2, 0.25) is 5.91 Å². The Kier molecular flexibility index (Phi) is 7.34. The largest absolute Gasteiger partial charge is 0.416 e. The van der Waals surface area contributed by atoms with E-state index in [-0.39, 0.29) is 11.9 Å². The van der Waals surface area contributed by atoms with Crippen molar-refractivity contribution in [3.05, 3.63) is 87.6 Å². The van der Waals surface area contributed by atoms with E-state index in [0.29, 0.717) is 25.1 Å². The van der Waals surface area contributed by atoms with E-state index >= 15 is 0 Å². The van der Waals surface area contributed by atoms with Gasteiger partial charge in [-0.15, -0.1) is 11.3 Å². The first-order valence-electron chi connectivity index (χ1n) is 12.4. The van der Waals surface area contributed by atoms with Crippen molar-refractivity contribution < 1.29 is 18.0 Å². The Balaban J connectivity index is 1.33. The van der Waals surface area contributed by atoms with Crippen LogP contribution < -0.4 is 10.2 Å². The number of fused-ring (bicyclic) bond motifs is 3. The lowest BCUT2D eigenvalue weighted by atomic mass is 9.82. The molecule has 190 valence electrons. The van der Waals surface area contributed by atoms with E-state index in [4.69, 9.17) is 0 Å². The normalized spacial score (nSPS) is 20.0. The molecule has 0 unspecified atom stereocenters. The topological polar surface area (TPSA) is 35.6 Å². The van der Waals surface area contributed by atoms with Crippen LogP contribution in [-0.2, 0) is 30.2 Å². The molecule has 4 nitrogen and oxygen atoms in total. The highest BCUT2D eigenvalue weighted by molar-refractivity contribution is 7.09. The highest BCUT2D eigenvalue weighted by Gasteiger charge is 2.42. The predicted octanol–water partition coefficient (Wildman–Crippen LogP) is 5.03. The zero-order chi connectivity index (χ0) is 25.1. The van der Waals surface area contributed by atoms with Crippen LogP contribution in [0.15, 0.2) is 66.0 Å². The maximum absolute atomic E-state index is 13.4. The summed E-state index contributed by atoms with van der Waals surface area (Å²) in [5.74, 6) is -0.474. The Hall–Kier alpha value is -2.84. The molecule has 0 radical (unpaired) electrons. The number of nitrogens with zero attached hydrogens (tertiary/aromatic N) is 2. The van der Waals surface area contributed by atoms with E-state index in [1.807, 2.05) is 35.7 Å². The quantitative estimate of drug-likeness (QED) is 0.481. The average Bonchev–Trinajstić information content (AvgIpc) is 3.40. The second-order valence-corrected chi connectivity index (χ2v) is 10.6. The van der Waals surface area contributed by atoms with Gasteiger partial charge in [0.05, 0.1) is 17.5 Å². The Morgan fingerprint density at radius 1 is 1.03 bits per heavy atom. The first kappa shape index (κ1) is 24.8. The van der Waals surface area contributed by atoms with Gasteiger partial charge >= 0.3 is 6.18 Å². The van der Waals surface area contributed by atoms with Crippen LogP contribution in [0.3, 0.4) is 0 Å².